The van der Waals surface area contributed by atoms with Gasteiger partial charge in [-0.25, -0.2) is 8.78 Å². The quantitative estimate of drug-likeness (QED) is 0.762. The molecule has 0 aliphatic carbocycles. The number of H-pyrrole nitrogens is 1. The zero-order valence-corrected chi connectivity index (χ0v) is 10.2. The molecule has 0 unspecified atom stereocenters. The summed E-state index contributed by atoms with van der Waals surface area (Å²) in [5, 5.41) is 3.51. The van der Waals surface area contributed by atoms with Crippen molar-refractivity contribution in [2.75, 3.05) is 13.1 Å². The van der Waals surface area contributed by atoms with Crippen molar-refractivity contribution in [2.45, 2.75) is 6.42 Å². The largest absolute Gasteiger partial charge is 0.359 e. The molecule has 1 aromatic heterocycles. The maximum atomic E-state index is 13.9. The van der Waals surface area contributed by atoms with E-state index in [0.717, 1.165) is 30.2 Å². The smallest absolute Gasteiger partial charge is 0.146 e. The molecule has 0 saturated heterocycles. The average Bonchev–Trinajstić information content (AvgIpc) is 2.82. The van der Waals surface area contributed by atoms with E-state index in [4.69, 9.17) is 11.6 Å². The van der Waals surface area contributed by atoms with Crippen LogP contribution in [0.2, 0.25) is 5.02 Å². The molecule has 0 amide bonds. The molecule has 2 heterocycles. The summed E-state index contributed by atoms with van der Waals surface area (Å²) in [6.07, 6.45) is 4.65. The summed E-state index contributed by atoms with van der Waals surface area (Å²) >= 11 is 5.84. The van der Waals surface area contributed by atoms with Gasteiger partial charge < -0.3 is 10.3 Å². The van der Waals surface area contributed by atoms with E-state index in [1.54, 1.807) is 6.20 Å². The Labute approximate surface area is 108 Å². The normalized spacial score (nSPS) is 16.1. The Morgan fingerprint density at radius 1 is 1.22 bits per heavy atom. The van der Waals surface area contributed by atoms with Crippen molar-refractivity contribution in [2.24, 2.45) is 0 Å². The Bertz CT molecular complexity index is 646. The number of fused-ring (bicyclic) bond motifs is 1. The third-order valence-corrected chi connectivity index (χ3v) is 3.54. The predicted octanol–water partition coefficient (Wildman–Crippen LogP) is 3.48. The predicted molar refractivity (Wildman–Crippen MR) is 68.7 cm³/mol. The maximum Gasteiger partial charge on any atom is 0.146 e. The molecule has 1 aromatic carbocycles. The minimum Gasteiger partial charge on any atom is -0.359 e. The Morgan fingerprint density at radius 2 is 2.06 bits per heavy atom. The van der Waals surface area contributed by atoms with Gasteiger partial charge in [-0.2, -0.15) is 0 Å². The Kier molecular flexibility index (Phi) is 2.84. The van der Waals surface area contributed by atoms with Gasteiger partial charge in [0.15, 0.2) is 0 Å². The summed E-state index contributed by atoms with van der Waals surface area (Å²) < 4.78 is 27.3. The topological polar surface area (TPSA) is 27.8 Å². The molecule has 0 spiro atoms. The molecule has 2 nitrogen and oxygen atoms in total. The van der Waals surface area contributed by atoms with E-state index < -0.39 is 11.6 Å². The van der Waals surface area contributed by atoms with E-state index in [1.807, 2.05) is 0 Å². The first-order valence-electron chi connectivity index (χ1n) is 5.73. The number of hydrogen-bond donors (Lipinski definition) is 2. The third kappa shape index (κ3) is 1.72. The minimum atomic E-state index is -0.745. The molecular formula is C13H11ClF2N2. The second-order valence-electron chi connectivity index (χ2n) is 4.30. The summed E-state index contributed by atoms with van der Waals surface area (Å²) in [6.45, 7) is 1.60. The molecule has 0 saturated carbocycles. The summed E-state index contributed by atoms with van der Waals surface area (Å²) in [5.41, 5.74) is 2.07. The fourth-order valence-corrected chi connectivity index (χ4v) is 2.52. The van der Waals surface area contributed by atoms with Crippen LogP contribution in [0.15, 0.2) is 18.3 Å². The number of aromatic amines is 1. The lowest BCUT2D eigenvalue weighted by Gasteiger charge is -2.13. The molecular weight excluding hydrogens is 258 g/mol. The highest BCUT2D eigenvalue weighted by Gasteiger charge is 2.18. The van der Waals surface area contributed by atoms with E-state index in [9.17, 15) is 8.78 Å². The highest BCUT2D eigenvalue weighted by atomic mass is 35.5. The van der Waals surface area contributed by atoms with Crippen molar-refractivity contribution >= 4 is 28.1 Å². The highest BCUT2D eigenvalue weighted by Crippen LogP contribution is 2.33. The monoisotopic (exact) mass is 268 g/mol. The van der Waals surface area contributed by atoms with Crippen LogP contribution >= 0.6 is 11.6 Å². The van der Waals surface area contributed by atoms with Crippen LogP contribution < -0.4 is 5.32 Å². The molecule has 94 valence electrons. The first kappa shape index (κ1) is 11.7. The molecule has 1 aliphatic heterocycles. The molecule has 2 aromatic rings. The van der Waals surface area contributed by atoms with Gasteiger partial charge in [0.05, 0.1) is 5.52 Å². The molecule has 1 aliphatic rings. The molecule has 5 heteroatoms. The van der Waals surface area contributed by atoms with Gasteiger partial charge in [0.1, 0.15) is 16.7 Å². The van der Waals surface area contributed by atoms with Crippen LogP contribution in [-0.4, -0.2) is 18.1 Å². The van der Waals surface area contributed by atoms with Gasteiger partial charge in [0.2, 0.25) is 0 Å². The summed E-state index contributed by atoms with van der Waals surface area (Å²) in [7, 11) is 0. The van der Waals surface area contributed by atoms with Crippen molar-refractivity contribution < 1.29 is 8.78 Å². The Morgan fingerprint density at radius 3 is 2.78 bits per heavy atom. The summed E-state index contributed by atoms with van der Waals surface area (Å²) in [6, 6.07) is 0.832. The van der Waals surface area contributed by atoms with Crippen molar-refractivity contribution in [3.05, 3.63) is 40.6 Å². The molecule has 2 N–H and O–H groups in total. The Balaban J connectivity index is 2.26. The maximum absolute atomic E-state index is 13.9. The second kappa shape index (κ2) is 4.37. The van der Waals surface area contributed by atoms with Gasteiger partial charge in [0, 0.05) is 29.8 Å². The first-order valence-corrected chi connectivity index (χ1v) is 6.11. The van der Waals surface area contributed by atoms with E-state index in [-0.39, 0.29) is 5.02 Å². The van der Waals surface area contributed by atoms with Crippen molar-refractivity contribution in [1.82, 2.24) is 10.3 Å². The van der Waals surface area contributed by atoms with Gasteiger partial charge in [-0.15, -0.1) is 0 Å². The van der Waals surface area contributed by atoms with Gasteiger partial charge in [0.25, 0.3) is 0 Å². The van der Waals surface area contributed by atoms with Crippen molar-refractivity contribution in [3.8, 4) is 0 Å². The standard InChI is InChI=1S/C13H11ClF2N2/c14-12-10(16)4-9(15)11-8(6-18-13(11)12)7-2-1-3-17-5-7/h2,4,6,17-18H,1,3,5H2. The van der Waals surface area contributed by atoms with Gasteiger partial charge >= 0.3 is 0 Å². The van der Waals surface area contributed by atoms with E-state index >= 15 is 0 Å². The molecule has 3 rings (SSSR count). The number of benzene rings is 1. The van der Waals surface area contributed by atoms with Gasteiger partial charge in [-0.05, 0) is 18.5 Å². The zero-order chi connectivity index (χ0) is 12.7. The lowest BCUT2D eigenvalue weighted by Crippen LogP contribution is -2.21. The van der Waals surface area contributed by atoms with Gasteiger partial charge in [-0.1, -0.05) is 17.7 Å². The second-order valence-corrected chi connectivity index (χ2v) is 4.68. The van der Waals surface area contributed by atoms with E-state index in [2.05, 4.69) is 16.4 Å². The van der Waals surface area contributed by atoms with E-state index in [0.29, 0.717) is 17.4 Å². The van der Waals surface area contributed by atoms with Crippen LogP contribution in [0.25, 0.3) is 16.5 Å². The van der Waals surface area contributed by atoms with Crippen LogP contribution in [-0.2, 0) is 0 Å². The lowest BCUT2D eigenvalue weighted by atomic mass is 10.0. The summed E-state index contributed by atoms with van der Waals surface area (Å²) in [5.74, 6) is -1.33. The fourth-order valence-electron chi connectivity index (χ4n) is 2.31. The van der Waals surface area contributed by atoms with Crippen LogP contribution in [0.4, 0.5) is 8.78 Å². The first-order chi connectivity index (χ1) is 8.68. The van der Waals surface area contributed by atoms with Crippen LogP contribution in [0.5, 0.6) is 0 Å². The molecule has 0 bridgehead atoms. The molecule has 0 radical (unpaired) electrons. The van der Waals surface area contributed by atoms with Crippen molar-refractivity contribution in [1.29, 1.82) is 0 Å². The van der Waals surface area contributed by atoms with E-state index in [1.165, 1.54) is 0 Å². The average molecular weight is 269 g/mol. The lowest BCUT2D eigenvalue weighted by molar-refractivity contribution is 0.592. The van der Waals surface area contributed by atoms with Crippen LogP contribution in [0, 0.1) is 11.6 Å². The summed E-state index contributed by atoms with van der Waals surface area (Å²) in [4.78, 5) is 2.85. The minimum absolute atomic E-state index is 0.0676. The zero-order valence-electron chi connectivity index (χ0n) is 9.49. The number of rotatable bonds is 1. The molecule has 0 atom stereocenters. The van der Waals surface area contributed by atoms with Gasteiger partial charge in [-0.3, -0.25) is 0 Å². The number of halogens is 3. The number of nitrogens with one attached hydrogen (secondary N) is 2. The molecule has 0 fully saturated rings. The van der Waals surface area contributed by atoms with Crippen LogP contribution in [0.1, 0.15) is 12.0 Å². The molecule has 18 heavy (non-hydrogen) atoms. The third-order valence-electron chi connectivity index (χ3n) is 3.17. The van der Waals surface area contributed by atoms with Crippen molar-refractivity contribution in [3.63, 3.8) is 0 Å². The van der Waals surface area contributed by atoms with Crippen LogP contribution in [0.3, 0.4) is 0 Å². The Hall–Kier alpha value is -1.39. The number of hydrogen-bond acceptors (Lipinski definition) is 1. The SMILES string of the molecule is Fc1cc(F)c2c(C3=CCCNC3)c[nH]c2c1Cl. The highest BCUT2D eigenvalue weighted by molar-refractivity contribution is 6.35. The fraction of sp³-hybridized carbons (Fsp3) is 0.231. The number of aromatic nitrogens is 1.